The van der Waals surface area contributed by atoms with Crippen LogP contribution < -0.4 is 5.73 Å². The summed E-state index contributed by atoms with van der Waals surface area (Å²) in [5, 5.41) is 12.2. The SMILES string of the molecule is Cc1nc([C@@H](N)Cc2ccc(O)cc2)cs1. The van der Waals surface area contributed by atoms with Crippen molar-refractivity contribution < 1.29 is 5.11 Å². The number of aromatic nitrogens is 1. The van der Waals surface area contributed by atoms with E-state index in [9.17, 15) is 0 Å². The van der Waals surface area contributed by atoms with E-state index in [0.29, 0.717) is 0 Å². The highest BCUT2D eigenvalue weighted by atomic mass is 32.1. The molecule has 3 N–H and O–H groups in total. The molecule has 0 unspecified atom stereocenters. The van der Waals surface area contributed by atoms with Gasteiger partial charge in [-0.1, -0.05) is 12.1 Å². The van der Waals surface area contributed by atoms with E-state index in [1.54, 1.807) is 23.5 Å². The Morgan fingerprint density at radius 3 is 2.62 bits per heavy atom. The van der Waals surface area contributed by atoms with Crippen molar-refractivity contribution in [3.05, 3.63) is 45.9 Å². The molecule has 1 aromatic carbocycles. The second-order valence-corrected chi connectivity index (χ2v) is 4.83. The van der Waals surface area contributed by atoms with Gasteiger partial charge in [0.15, 0.2) is 0 Å². The molecule has 0 bridgehead atoms. The molecule has 1 aromatic heterocycles. The molecule has 0 radical (unpaired) electrons. The molecule has 1 atom stereocenters. The number of phenols is 1. The van der Waals surface area contributed by atoms with E-state index < -0.39 is 0 Å². The van der Waals surface area contributed by atoms with E-state index in [4.69, 9.17) is 10.8 Å². The Morgan fingerprint density at radius 1 is 1.38 bits per heavy atom. The van der Waals surface area contributed by atoms with Crippen LogP contribution in [0.15, 0.2) is 29.6 Å². The van der Waals surface area contributed by atoms with Crippen molar-refractivity contribution in [2.75, 3.05) is 0 Å². The van der Waals surface area contributed by atoms with Crippen molar-refractivity contribution in [3.63, 3.8) is 0 Å². The van der Waals surface area contributed by atoms with Gasteiger partial charge in [0.2, 0.25) is 0 Å². The molecular weight excluding hydrogens is 220 g/mol. The normalized spacial score (nSPS) is 12.6. The van der Waals surface area contributed by atoms with Crippen LogP contribution in [0.5, 0.6) is 5.75 Å². The number of benzene rings is 1. The first-order valence-electron chi connectivity index (χ1n) is 5.10. The smallest absolute Gasteiger partial charge is 0.115 e. The quantitative estimate of drug-likeness (QED) is 0.857. The lowest BCUT2D eigenvalue weighted by atomic mass is 10.0. The van der Waals surface area contributed by atoms with E-state index in [-0.39, 0.29) is 11.8 Å². The third-order valence-electron chi connectivity index (χ3n) is 2.41. The van der Waals surface area contributed by atoms with Gasteiger partial charge in [0.25, 0.3) is 0 Å². The number of nitrogens with zero attached hydrogens (tertiary/aromatic N) is 1. The van der Waals surface area contributed by atoms with Gasteiger partial charge in [0.05, 0.1) is 16.7 Å². The molecule has 4 heteroatoms. The van der Waals surface area contributed by atoms with Crippen molar-refractivity contribution >= 4 is 11.3 Å². The second kappa shape index (κ2) is 4.63. The Morgan fingerprint density at radius 2 is 2.06 bits per heavy atom. The summed E-state index contributed by atoms with van der Waals surface area (Å²) in [7, 11) is 0. The number of aryl methyl sites for hydroxylation is 1. The summed E-state index contributed by atoms with van der Waals surface area (Å²) >= 11 is 1.61. The third kappa shape index (κ3) is 2.59. The lowest BCUT2D eigenvalue weighted by Gasteiger charge is -2.08. The zero-order valence-electron chi connectivity index (χ0n) is 9.05. The highest BCUT2D eigenvalue weighted by Gasteiger charge is 2.10. The summed E-state index contributed by atoms with van der Waals surface area (Å²) in [5.41, 5.74) is 8.11. The second-order valence-electron chi connectivity index (χ2n) is 3.77. The van der Waals surface area contributed by atoms with Gasteiger partial charge in [-0.05, 0) is 31.0 Å². The topological polar surface area (TPSA) is 59.1 Å². The number of thiazole rings is 1. The van der Waals surface area contributed by atoms with Crippen LogP contribution in [-0.4, -0.2) is 10.1 Å². The number of nitrogens with two attached hydrogens (primary N) is 1. The number of phenolic OH excluding ortho intramolecular Hbond substituents is 1. The number of rotatable bonds is 3. The fourth-order valence-electron chi connectivity index (χ4n) is 1.54. The Kier molecular flexibility index (Phi) is 3.22. The standard InChI is InChI=1S/C12H14N2OS/c1-8-14-12(7-16-8)11(13)6-9-2-4-10(15)5-3-9/h2-5,7,11,15H,6,13H2,1H3/t11-/m0/s1. The maximum Gasteiger partial charge on any atom is 0.115 e. The average Bonchev–Trinajstić information content (AvgIpc) is 2.68. The summed E-state index contributed by atoms with van der Waals surface area (Å²) in [5.74, 6) is 0.279. The zero-order valence-corrected chi connectivity index (χ0v) is 9.87. The lowest BCUT2D eigenvalue weighted by Crippen LogP contribution is -2.13. The first-order chi connectivity index (χ1) is 7.65. The van der Waals surface area contributed by atoms with Crippen molar-refractivity contribution in [1.82, 2.24) is 4.98 Å². The van der Waals surface area contributed by atoms with Gasteiger partial charge in [-0.3, -0.25) is 0 Å². The average molecular weight is 234 g/mol. The van der Waals surface area contributed by atoms with Crippen LogP contribution in [0, 0.1) is 6.92 Å². The predicted octanol–water partition coefficient (Wildman–Crippen LogP) is 2.40. The minimum absolute atomic E-state index is 0.0745. The monoisotopic (exact) mass is 234 g/mol. The molecule has 0 aliphatic carbocycles. The first-order valence-corrected chi connectivity index (χ1v) is 5.98. The highest BCUT2D eigenvalue weighted by Crippen LogP contribution is 2.19. The number of hydrogen-bond acceptors (Lipinski definition) is 4. The van der Waals surface area contributed by atoms with Gasteiger partial charge in [0.1, 0.15) is 5.75 Å². The van der Waals surface area contributed by atoms with Gasteiger partial charge in [-0.15, -0.1) is 11.3 Å². The number of aromatic hydroxyl groups is 1. The van der Waals surface area contributed by atoms with E-state index in [2.05, 4.69) is 4.98 Å². The minimum Gasteiger partial charge on any atom is -0.508 e. The largest absolute Gasteiger partial charge is 0.508 e. The summed E-state index contributed by atoms with van der Waals surface area (Å²) in [4.78, 5) is 4.37. The molecule has 84 valence electrons. The number of hydrogen-bond donors (Lipinski definition) is 2. The van der Waals surface area contributed by atoms with Crippen LogP contribution in [0.3, 0.4) is 0 Å². The molecule has 0 saturated heterocycles. The van der Waals surface area contributed by atoms with Crippen molar-refractivity contribution in [2.45, 2.75) is 19.4 Å². The van der Waals surface area contributed by atoms with Crippen molar-refractivity contribution in [2.24, 2.45) is 5.73 Å². The summed E-state index contributed by atoms with van der Waals surface area (Å²) < 4.78 is 0. The Hall–Kier alpha value is -1.39. The fourth-order valence-corrected chi connectivity index (χ4v) is 2.22. The molecule has 0 saturated carbocycles. The summed E-state index contributed by atoms with van der Waals surface area (Å²) in [6.45, 7) is 1.97. The molecule has 2 rings (SSSR count). The Labute approximate surface area is 98.6 Å². The molecule has 3 nitrogen and oxygen atoms in total. The minimum atomic E-state index is -0.0745. The third-order valence-corrected chi connectivity index (χ3v) is 3.20. The predicted molar refractivity (Wildman–Crippen MR) is 65.6 cm³/mol. The first kappa shape index (κ1) is 11.1. The van der Waals surface area contributed by atoms with Gasteiger partial charge in [-0.25, -0.2) is 4.98 Å². The molecule has 0 aliphatic rings. The Balaban J connectivity index is 2.07. The van der Waals surface area contributed by atoms with Crippen molar-refractivity contribution in [3.8, 4) is 5.75 Å². The van der Waals surface area contributed by atoms with Crippen LogP contribution >= 0.6 is 11.3 Å². The summed E-state index contributed by atoms with van der Waals surface area (Å²) in [6.07, 6.45) is 0.740. The lowest BCUT2D eigenvalue weighted by molar-refractivity contribution is 0.475. The van der Waals surface area contributed by atoms with Gasteiger partial charge in [-0.2, -0.15) is 0 Å². The Bertz CT molecular complexity index is 464. The fraction of sp³-hybridized carbons (Fsp3) is 0.250. The molecule has 0 fully saturated rings. The van der Waals surface area contributed by atoms with Crippen LogP contribution in [0.4, 0.5) is 0 Å². The molecule has 2 aromatic rings. The van der Waals surface area contributed by atoms with Crippen molar-refractivity contribution in [1.29, 1.82) is 0 Å². The highest BCUT2D eigenvalue weighted by molar-refractivity contribution is 7.09. The van der Waals surface area contributed by atoms with Crippen LogP contribution in [0.2, 0.25) is 0 Å². The van der Waals surface area contributed by atoms with E-state index in [1.807, 2.05) is 24.4 Å². The van der Waals surface area contributed by atoms with Crippen LogP contribution in [-0.2, 0) is 6.42 Å². The molecule has 0 spiro atoms. The van der Waals surface area contributed by atoms with Gasteiger partial charge in [0, 0.05) is 5.38 Å². The molecule has 0 aliphatic heterocycles. The van der Waals surface area contributed by atoms with Gasteiger partial charge < -0.3 is 10.8 Å². The zero-order chi connectivity index (χ0) is 11.5. The maximum atomic E-state index is 9.17. The van der Waals surface area contributed by atoms with Gasteiger partial charge >= 0.3 is 0 Å². The van der Waals surface area contributed by atoms with E-state index in [1.165, 1.54) is 0 Å². The van der Waals surface area contributed by atoms with E-state index >= 15 is 0 Å². The summed E-state index contributed by atoms with van der Waals surface area (Å²) in [6, 6.07) is 7.04. The molecule has 16 heavy (non-hydrogen) atoms. The van der Waals surface area contributed by atoms with Crippen LogP contribution in [0.1, 0.15) is 22.3 Å². The maximum absolute atomic E-state index is 9.17. The molecular formula is C12H14N2OS. The molecule has 1 heterocycles. The van der Waals surface area contributed by atoms with Crippen LogP contribution in [0.25, 0.3) is 0 Å². The van der Waals surface area contributed by atoms with E-state index in [0.717, 1.165) is 22.7 Å². The molecule has 0 amide bonds.